The van der Waals surface area contributed by atoms with Crippen molar-refractivity contribution < 1.29 is 13.9 Å². The first kappa shape index (κ1) is 22.0. The highest BCUT2D eigenvalue weighted by atomic mass is 127. The van der Waals surface area contributed by atoms with Gasteiger partial charge in [0.15, 0.2) is 5.96 Å². The molecule has 1 aromatic rings. The third kappa shape index (κ3) is 9.86. The second-order valence-electron chi connectivity index (χ2n) is 5.72. The Morgan fingerprint density at radius 1 is 1.44 bits per heavy atom. The summed E-state index contributed by atoms with van der Waals surface area (Å²) in [7, 11) is 0. The van der Waals surface area contributed by atoms with Gasteiger partial charge in [0, 0.05) is 39.3 Å². The lowest BCUT2D eigenvalue weighted by atomic mass is 10.2. The Morgan fingerprint density at radius 2 is 2.36 bits per heavy atom. The molecule has 1 saturated heterocycles. The molecule has 1 aliphatic rings. The van der Waals surface area contributed by atoms with E-state index in [1.54, 1.807) is 6.26 Å². The molecule has 0 amide bonds. The number of ether oxygens (including phenoxy) is 2. The predicted octanol–water partition coefficient (Wildman–Crippen LogP) is 2.75. The summed E-state index contributed by atoms with van der Waals surface area (Å²) in [5.74, 6) is 1.76. The summed E-state index contributed by atoms with van der Waals surface area (Å²) in [5, 5.41) is 6.51. The maximum absolute atomic E-state index is 5.65. The molecular formula is C18H30IN3O3. The van der Waals surface area contributed by atoms with E-state index in [1.165, 1.54) is 0 Å². The number of guanidine groups is 1. The van der Waals surface area contributed by atoms with Gasteiger partial charge < -0.3 is 24.5 Å². The lowest BCUT2D eigenvalue weighted by molar-refractivity contribution is 0.0171. The molecular weight excluding hydrogens is 433 g/mol. The van der Waals surface area contributed by atoms with Gasteiger partial charge in [0.1, 0.15) is 5.76 Å². The Bertz CT molecular complexity index is 474. The molecule has 25 heavy (non-hydrogen) atoms. The van der Waals surface area contributed by atoms with E-state index in [9.17, 15) is 0 Å². The van der Waals surface area contributed by atoms with Crippen LogP contribution in [0.1, 0.15) is 25.0 Å². The van der Waals surface area contributed by atoms with Crippen LogP contribution >= 0.6 is 24.0 Å². The molecule has 1 aromatic heterocycles. The third-order valence-electron chi connectivity index (χ3n) is 3.70. The topological polar surface area (TPSA) is 68.0 Å². The summed E-state index contributed by atoms with van der Waals surface area (Å²) < 4.78 is 16.5. The third-order valence-corrected chi connectivity index (χ3v) is 3.70. The number of halogens is 1. The van der Waals surface area contributed by atoms with E-state index < -0.39 is 0 Å². The van der Waals surface area contributed by atoms with Crippen LogP contribution < -0.4 is 10.6 Å². The van der Waals surface area contributed by atoms with Crippen molar-refractivity contribution in [3.63, 3.8) is 0 Å². The highest BCUT2D eigenvalue weighted by molar-refractivity contribution is 14.0. The van der Waals surface area contributed by atoms with Crippen LogP contribution in [-0.4, -0.2) is 51.5 Å². The van der Waals surface area contributed by atoms with Crippen LogP contribution in [0.5, 0.6) is 0 Å². The average molecular weight is 463 g/mol. The number of furan rings is 1. The van der Waals surface area contributed by atoms with Gasteiger partial charge in [-0.2, -0.15) is 0 Å². The lowest BCUT2D eigenvalue weighted by Gasteiger charge is -2.11. The molecule has 2 N–H and O–H groups in total. The van der Waals surface area contributed by atoms with E-state index in [1.807, 2.05) is 18.2 Å². The molecule has 0 radical (unpaired) electrons. The quantitative estimate of drug-likeness (QED) is 0.174. The SMILES string of the molecule is C=CCNC(=NCCCOCC1CCCO1)NCCc1ccco1.I. The molecule has 0 spiro atoms. The van der Waals surface area contributed by atoms with Crippen LogP contribution in [0.15, 0.2) is 40.5 Å². The molecule has 1 fully saturated rings. The molecule has 1 unspecified atom stereocenters. The monoisotopic (exact) mass is 463 g/mol. The molecule has 6 nitrogen and oxygen atoms in total. The van der Waals surface area contributed by atoms with E-state index in [2.05, 4.69) is 22.2 Å². The van der Waals surface area contributed by atoms with Crippen molar-refractivity contribution in [1.29, 1.82) is 0 Å². The van der Waals surface area contributed by atoms with Crippen molar-refractivity contribution in [3.8, 4) is 0 Å². The molecule has 2 rings (SSSR count). The molecule has 2 heterocycles. The first-order valence-corrected chi connectivity index (χ1v) is 8.73. The molecule has 0 aromatic carbocycles. The fourth-order valence-corrected chi connectivity index (χ4v) is 2.45. The zero-order valence-electron chi connectivity index (χ0n) is 14.7. The van der Waals surface area contributed by atoms with Gasteiger partial charge in [-0.1, -0.05) is 6.08 Å². The first-order valence-electron chi connectivity index (χ1n) is 8.73. The van der Waals surface area contributed by atoms with E-state index in [0.717, 1.165) is 57.1 Å². The molecule has 0 bridgehead atoms. The highest BCUT2D eigenvalue weighted by Crippen LogP contribution is 2.11. The van der Waals surface area contributed by atoms with Gasteiger partial charge in [-0.3, -0.25) is 4.99 Å². The Balaban J connectivity index is 0.00000312. The van der Waals surface area contributed by atoms with Crippen LogP contribution in [0.4, 0.5) is 0 Å². The van der Waals surface area contributed by atoms with E-state index in [0.29, 0.717) is 25.9 Å². The van der Waals surface area contributed by atoms with Crippen LogP contribution in [0, 0.1) is 0 Å². The van der Waals surface area contributed by atoms with Crippen LogP contribution in [-0.2, 0) is 15.9 Å². The van der Waals surface area contributed by atoms with Crippen molar-refractivity contribution in [2.45, 2.75) is 31.8 Å². The van der Waals surface area contributed by atoms with Crippen LogP contribution in [0.25, 0.3) is 0 Å². The Kier molecular flexibility index (Phi) is 12.4. The fraction of sp³-hybridized carbons (Fsp3) is 0.611. The van der Waals surface area contributed by atoms with Gasteiger partial charge in [-0.05, 0) is 31.4 Å². The van der Waals surface area contributed by atoms with Gasteiger partial charge in [0.25, 0.3) is 0 Å². The normalized spacial score (nSPS) is 17.1. The van der Waals surface area contributed by atoms with Crippen molar-refractivity contribution in [2.24, 2.45) is 4.99 Å². The summed E-state index contributed by atoms with van der Waals surface area (Å²) >= 11 is 0. The van der Waals surface area contributed by atoms with Gasteiger partial charge in [0.05, 0.1) is 19.0 Å². The van der Waals surface area contributed by atoms with Gasteiger partial charge in [0.2, 0.25) is 0 Å². The predicted molar refractivity (Wildman–Crippen MR) is 111 cm³/mol. The van der Waals surface area contributed by atoms with Crippen LogP contribution in [0.2, 0.25) is 0 Å². The highest BCUT2D eigenvalue weighted by Gasteiger charge is 2.14. The zero-order chi connectivity index (χ0) is 16.9. The molecule has 142 valence electrons. The number of nitrogens with zero attached hydrogens (tertiary/aromatic N) is 1. The average Bonchev–Trinajstić information content (AvgIpc) is 3.28. The van der Waals surface area contributed by atoms with Crippen molar-refractivity contribution in [3.05, 3.63) is 36.8 Å². The minimum Gasteiger partial charge on any atom is -0.469 e. The molecule has 1 atom stereocenters. The van der Waals surface area contributed by atoms with E-state index >= 15 is 0 Å². The molecule has 7 heteroatoms. The summed E-state index contributed by atoms with van der Waals surface area (Å²) in [4.78, 5) is 4.55. The number of hydrogen-bond donors (Lipinski definition) is 2. The fourth-order valence-electron chi connectivity index (χ4n) is 2.45. The Hall–Kier alpha value is -1.06. The molecule has 0 saturated carbocycles. The van der Waals surface area contributed by atoms with Crippen molar-refractivity contribution in [1.82, 2.24) is 10.6 Å². The molecule has 1 aliphatic heterocycles. The minimum absolute atomic E-state index is 0. The minimum atomic E-state index is 0. The van der Waals surface area contributed by atoms with Gasteiger partial charge >= 0.3 is 0 Å². The molecule has 0 aliphatic carbocycles. The van der Waals surface area contributed by atoms with E-state index in [4.69, 9.17) is 13.9 Å². The maximum atomic E-state index is 5.65. The van der Waals surface area contributed by atoms with Crippen molar-refractivity contribution in [2.75, 3.05) is 39.5 Å². The number of rotatable bonds is 11. The summed E-state index contributed by atoms with van der Waals surface area (Å²) in [6, 6.07) is 3.87. The maximum Gasteiger partial charge on any atom is 0.191 e. The smallest absolute Gasteiger partial charge is 0.191 e. The Labute approximate surface area is 167 Å². The zero-order valence-corrected chi connectivity index (χ0v) is 17.1. The van der Waals surface area contributed by atoms with Gasteiger partial charge in [-0.25, -0.2) is 0 Å². The number of aliphatic imine (C=N–C) groups is 1. The van der Waals surface area contributed by atoms with E-state index in [-0.39, 0.29) is 24.0 Å². The summed E-state index contributed by atoms with van der Waals surface area (Å²) in [6.07, 6.45) is 7.79. The second kappa shape index (κ2) is 14.1. The van der Waals surface area contributed by atoms with Crippen LogP contribution in [0.3, 0.4) is 0 Å². The second-order valence-corrected chi connectivity index (χ2v) is 5.72. The number of hydrogen-bond acceptors (Lipinski definition) is 4. The largest absolute Gasteiger partial charge is 0.469 e. The first-order chi connectivity index (χ1) is 11.9. The van der Waals surface area contributed by atoms with Gasteiger partial charge in [-0.15, -0.1) is 30.6 Å². The summed E-state index contributed by atoms with van der Waals surface area (Å²) in [5.41, 5.74) is 0. The lowest BCUT2D eigenvalue weighted by Crippen LogP contribution is -2.38. The standard InChI is InChI=1S/C18H29N3O3.HI/c1-2-9-19-18(21-11-8-16-6-3-13-23-16)20-10-5-12-22-15-17-7-4-14-24-17;/h2-3,6,13,17H,1,4-5,7-12,14-15H2,(H2,19,20,21);1H. The Morgan fingerprint density at radius 3 is 3.08 bits per heavy atom. The van der Waals surface area contributed by atoms with Crippen molar-refractivity contribution >= 4 is 29.9 Å². The summed E-state index contributed by atoms with van der Waals surface area (Å²) in [6.45, 7) is 8.18. The number of nitrogens with one attached hydrogen (secondary N) is 2.